The lowest BCUT2D eigenvalue weighted by molar-refractivity contribution is 0.304. The van der Waals surface area contributed by atoms with Crippen LogP contribution in [0.15, 0.2) is 18.2 Å². The van der Waals surface area contributed by atoms with Crippen LogP contribution in [0.25, 0.3) is 0 Å². The Morgan fingerprint density at radius 2 is 2.06 bits per heavy atom. The van der Waals surface area contributed by atoms with Crippen LogP contribution < -0.4 is 5.73 Å². The topological polar surface area (TPSA) is 29.3 Å². The molecule has 0 heterocycles. The lowest BCUT2D eigenvalue weighted by Gasteiger charge is -2.19. The van der Waals surface area contributed by atoms with E-state index < -0.39 is 0 Å². The predicted molar refractivity (Wildman–Crippen MR) is 71.7 cm³/mol. The van der Waals surface area contributed by atoms with Gasteiger partial charge in [0, 0.05) is 17.3 Å². The largest absolute Gasteiger partial charge is 0.398 e. The van der Waals surface area contributed by atoms with Crippen LogP contribution in [0.3, 0.4) is 0 Å². The van der Waals surface area contributed by atoms with Gasteiger partial charge in [0.2, 0.25) is 0 Å². The molecule has 0 bridgehead atoms. The minimum atomic E-state index is 0.735. The maximum atomic E-state index is 5.95. The molecule has 90 valence electrons. The van der Waals surface area contributed by atoms with E-state index in [0.29, 0.717) is 0 Å². The fourth-order valence-corrected chi connectivity index (χ4v) is 1.75. The van der Waals surface area contributed by atoms with Crippen LogP contribution in [0.4, 0.5) is 5.69 Å². The molecule has 0 radical (unpaired) electrons. The number of rotatable bonds is 5. The van der Waals surface area contributed by atoms with Gasteiger partial charge in [0.1, 0.15) is 0 Å². The van der Waals surface area contributed by atoms with E-state index in [-0.39, 0.29) is 0 Å². The van der Waals surface area contributed by atoms with E-state index in [2.05, 4.69) is 25.8 Å². The molecule has 2 N–H and O–H groups in total. The minimum Gasteiger partial charge on any atom is -0.398 e. The Morgan fingerprint density at radius 1 is 1.38 bits per heavy atom. The summed E-state index contributed by atoms with van der Waals surface area (Å²) in [5, 5.41) is 0.751. The van der Waals surface area contributed by atoms with E-state index in [4.69, 9.17) is 17.3 Å². The molecule has 0 aromatic heterocycles. The summed E-state index contributed by atoms with van der Waals surface area (Å²) in [6.45, 7) is 6.42. The second-order valence-corrected chi connectivity index (χ2v) is 5.20. The van der Waals surface area contributed by atoms with Gasteiger partial charge in [0.05, 0.1) is 0 Å². The molecule has 0 atom stereocenters. The zero-order valence-corrected chi connectivity index (χ0v) is 11.1. The first-order valence-electron chi connectivity index (χ1n) is 5.71. The van der Waals surface area contributed by atoms with Crippen molar-refractivity contribution < 1.29 is 0 Å². The molecule has 3 heteroatoms. The molecular weight excluding hydrogens is 220 g/mol. The van der Waals surface area contributed by atoms with Gasteiger partial charge in [-0.3, -0.25) is 0 Å². The van der Waals surface area contributed by atoms with Crippen LogP contribution >= 0.6 is 11.6 Å². The molecule has 16 heavy (non-hydrogen) atoms. The quantitative estimate of drug-likeness (QED) is 0.800. The van der Waals surface area contributed by atoms with Gasteiger partial charge in [0.15, 0.2) is 0 Å². The zero-order chi connectivity index (χ0) is 12.1. The normalized spacial score (nSPS) is 11.4. The second-order valence-electron chi connectivity index (χ2n) is 4.76. The van der Waals surface area contributed by atoms with Gasteiger partial charge in [-0.2, -0.15) is 0 Å². The van der Waals surface area contributed by atoms with Crippen molar-refractivity contribution in [2.24, 2.45) is 5.92 Å². The molecule has 0 saturated heterocycles. The maximum absolute atomic E-state index is 5.95. The molecule has 0 unspecified atom stereocenters. The van der Waals surface area contributed by atoms with E-state index in [1.807, 2.05) is 18.2 Å². The maximum Gasteiger partial charge on any atom is 0.0410 e. The number of anilines is 1. The smallest absolute Gasteiger partial charge is 0.0410 e. The molecular formula is C13H21ClN2. The van der Waals surface area contributed by atoms with Gasteiger partial charge < -0.3 is 10.6 Å². The van der Waals surface area contributed by atoms with Crippen molar-refractivity contribution in [1.29, 1.82) is 0 Å². The second kappa shape index (κ2) is 6.12. The lowest BCUT2D eigenvalue weighted by Crippen LogP contribution is -2.21. The zero-order valence-electron chi connectivity index (χ0n) is 10.3. The summed E-state index contributed by atoms with van der Waals surface area (Å²) in [6, 6.07) is 5.64. The van der Waals surface area contributed by atoms with Crippen LogP contribution in [0, 0.1) is 5.92 Å². The monoisotopic (exact) mass is 240 g/mol. The van der Waals surface area contributed by atoms with Crippen molar-refractivity contribution in [1.82, 2.24) is 4.90 Å². The highest BCUT2D eigenvalue weighted by atomic mass is 35.5. The Bertz CT molecular complexity index is 337. The van der Waals surface area contributed by atoms with E-state index in [1.54, 1.807) is 0 Å². The van der Waals surface area contributed by atoms with Crippen molar-refractivity contribution in [2.75, 3.05) is 19.3 Å². The third-order valence-electron chi connectivity index (χ3n) is 2.63. The number of nitrogen functional groups attached to an aromatic ring is 1. The molecule has 0 aliphatic carbocycles. The van der Waals surface area contributed by atoms with Gasteiger partial charge in [-0.05, 0) is 49.7 Å². The van der Waals surface area contributed by atoms with E-state index in [0.717, 1.165) is 35.3 Å². The SMILES string of the molecule is CC(C)CCN(C)Cc1cc(Cl)ccc1N. The van der Waals surface area contributed by atoms with Crippen LogP contribution in [0.2, 0.25) is 5.02 Å². The summed E-state index contributed by atoms with van der Waals surface area (Å²) in [5.74, 6) is 0.735. The molecule has 0 amide bonds. The van der Waals surface area contributed by atoms with Crippen LogP contribution in [0.5, 0.6) is 0 Å². The van der Waals surface area contributed by atoms with Gasteiger partial charge >= 0.3 is 0 Å². The highest BCUT2D eigenvalue weighted by Gasteiger charge is 2.05. The first-order valence-corrected chi connectivity index (χ1v) is 6.09. The molecule has 1 aromatic rings. The minimum absolute atomic E-state index is 0.735. The standard InChI is InChI=1S/C13H21ClN2/c1-10(2)6-7-16(3)9-11-8-12(14)4-5-13(11)15/h4-5,8,10H,6-7,9,15H2,1-3H3. The van der Waals surface area contributed by atoms with Crippen molar-refractivity contribution in [3.8, 4) is 0 Å². The van der Waals surface area contributed by atoms with Crippen molar-refractivity contribution in [3.63, 3.8) is 0 Å². The van der Waals surface area contributed by atoms with E-state index >= 15 is 0 Å². The number of halogens is 1. The Hall–Kier alpha value is -0.730. The first-order chi connectivity index (χ1) is 7.49. The Labute approximate surface area is 103 Å². The van der Waals surface area contributed by atoms with Crippen LogP contribution in [-0.2, 0) is 6.54 Å². The number of hydrogen-bond acceptors (Lipinski definition) is 2. The Balaban J connectivity index is 2.55. The van der Waals surface area contributed by atoms with Crippen LogP contribution in [0.1, 0.15) is 25.8 Å². The number of hydrogen-bond donors (Lipinski definition) is 1. The third kappa shape index (κ3) is 4.42. The first kappa shape index (κ1) is 13.3. The van der Waals surface area contributed by atoms with Crippen molar-refractivity contribution in [2.45, 2.75) is 26.8 Å². The molecule has 1 rings (SSSR count). The summed E-state index contributed by atoms with van der Waals surface area (Å²) in [4.78, 5) is 2.28. The number of nitrogens with zero attached hydrogens (tertiary/aromatic N) is 1. The van der Waals surface area contributed by atoms with E-state index in [9.17, 15) is 0 Å². The summed E-state index contributed by atoms with van der Waals surface area (Å²) in [7, 11) is 2.11. The van der Waals surface area contributed by atoms with Crippen molar-refractivity contribution in [3.05, 3.63) is 28.8 Å². The summed E-state index contributed by atoms with van der Waals surface area (Å²) in [5.41, 5.74) is 7.84. The van der Waals surface area contributed by atoms with Gasteiger partial charge in [-0.15, -0.1) is 0 Å². The van der Waals surface area contributed by atoms with E-state index in [1.165, 1.54) is 6.42 Å². The summed E-state index contributed by atoms with van der Waals surface area (Å²) >= 11 is 5.95. The average Bonchev–Trinajstić information content (AvgIpc) is 2.20. The molecule has 0 fully saturated rings. The summed E-state index contributed by atoms with van der Waals surface area (Å²) in [6.07, 6.45) is 1.21. The molecule has 0 aliphatic rings. The Morgan fingerprint density at radius 3 is 2.69 bits per heavy atom. The predicted octanol–water partition coefficient (Wildman–Crippen LogP) is 3.40. The highest BCUT2D eigenvalue weighted by Crippen LogP contribution is 2.19. The fourth-order valence-electron chi connectivity index (χ4n) is 1.56. The number of nitrogens with two attached hydrogens (primary N) is 1. The van der Waals surface area contributed by atoms with Crippen LogP contribution in [-0.4, -0.2) is 18.5 Å². The molecule has 0 aliphatic heterocycles. The lowest BCUT2D eigenvalue weighted by atomic mass is 10.1. The number of benzene rings is 1. The fraction of sp³-hybridized carbons (Fsp3) is 0.538. The molecule has 0 spiro atoms. The van der Waals surface area contributed by atoms with Gasteiger partial charge in [-0.25, -0.2) is 0 Å². The van der Waals surface area contributed by atoms with Gasteiger partial charge in [0.25, 0.3) is 0 Å². The molecule has 1 aromatic carbocycles. The molecule has 0 saturated carbocycles. The Kier molecular flexibility index (Phi) is 5.10. The van der Waals surface area contributed by atoms with Gasteiger partial charge in [-0.1, -0.05) is 25.4 Å². The average molecular weight is 241 g/mol. The molecule has 2 nitrogen and oxygen atoms in total. The highest BCUT2D eigenvalue weighted by molar-refractivity contribution is 6.30. The summed E-state index contributed by atoms with van der Waals surface area (Å²) < 4.78 is 0. The van der Waals surface area contributed by atoms with Crippen molar-refractivity contribution >= 4 is 17.3 Å². The third-order valence-corrected chi connectivity index (χ3v) is 2.87.